The van der Waals surface area contributed by atoms with Gasteiger partial charge in [-0.05, 0) is 49.8 Å². The lowest BCUT2D eigenvalue weighted by molar-refractivity contribution is -0.133. The van der Waals surface area contributed by atoms with Crippen LogP contribution in [-0.4, -0.2) is 59.2 Å². The molecule has 5 rings (SSSR count). The van der Waals surface area contributed by atoms with Gasteiger partial charge < -0.3 is 23.8 Å². The van der Waals surface area contributed by atoms with Crippen LogP contribution in [0.15, 0.2) is 60.9 Å². The number of aryl methyl sites for hydroxylation is 1. The Kier molecular flexibility index (Phi) is 7.44. The SMILES string of the molecule is COc1ccc(N2CCN(C(=O)Cc3nccn3C)C(Cc3ccccc3)C2)cc1OC1CCCC1. The molecule has 1 aliphatic heterocycles. The number of aromatic nitrogens is 2. The van der Waals surface area contributed by atoms with Crippen molar-refractivity contribution in [1.82, 2.24) is 14.5 Å². The molecule has 1 saturated carbocycles. The van der Waals surface area contributed by atoms with Crippen LogP contribution >= 0.6 is 0 Å². The average molecular weight is 489 g/mol. The highest BCUT2D eigenvalue weighted by atomic mass is 16.5. The van der Waals surface area contributed by atoms with E-state index in [2.05, 4.69) is 51.2 Å². The first-order chi connectivity index (χ1) is 17.6. The lowest BCUT2D eigenvalue weighted by Gasteiger charge is -2.43. The number of rotatable bonds is 8. The molecule has 0 spiro atoms. The van der Waals surface area contributed by atoms with Crippen LogP contribution in [0.2, 0.25) is 0 Å². The van der Waals surface area contributed by atoms with Crippen molar-refractivity contribution in [3.05, 3.63) is 72.3 Å². The number of carbonyl (C=O) groups excluding carboxylic acids is 1. The molecule has 1 atom stereocenters. The summed E-state index contributed by atoms with van der Waals surface area (Å²) in [7, 11) is 3.63. The van der Waals surface area contributed by atoms with Gasteiger partial charge in [0.1, 0.15) is 5.82 Å². The van der Waals surface area contributed by atoms with Gasteiger partial charge in [-0.1, -0.05) is 30.3 Å². The Morgan fingerprint density at radius 1 is 1.06 bits per heavy atom. The van der Waals surface area contributed by atoms with Gasteiger partial charge in [0.2, 0.25) is 5.91 Å². The van der Waals surface area contributed by atoms with Gasteiger partial charge >= 0.3 is 0 Å². The number of amides is 1. The Balaban J connectivity index is 1.36. The van der Waals surface area contributed by atoms with Crippen LogP contribution in [0.5, 0.6) is 11.5 Å². The topological polar surface area (TPSA) is 59.8 Å². The molecule has 0 radical (unpaired) electrons. The Morgan fingerprint density at radius 2 is 1.86 bits per heavy atom. The largest absolute Gasteiger partial charge is 0.493 e. The summed E-state index contributed by atoms with van der Waals surface area (Å²) in [6.45, 7) is 2.20. The maximum Gasteiger partial charge on any atom is 0.230 e. The second-order valence-electron chi connectivity index (χ2n) is 9.87. The summed E-state index contributed by atoms with van der Waals surface area (Å²) in [6, 6.07) is 16.7. The number of carbonyl (C=O) groups is 1. The van der Waals surface area contributed by atoms with E-state index in [1.807, 2.05) is 29.9 Å². The van der Waals surface area contributed by atoms with Crippen LogP contribution in [0, 0.1) is 0 Å². The fraction of sp³-hybridized carbons (Fsp3) is 0.448. The number of nitrogens with zero attached hydrogens (tertiary/aromatic N) is 4. The third kappa shape index (κ3) is 5.50. The number of benzene rings is 2. The number of anilines is 1. The molecular weight excluding hydrogens is 452 g/mol. The number of hydrogen-bond acceptors (Lipinski definition) is 5. The summed E-state index contributed by atoms with van der Waals surface area (Å²) in [5.74, 6) is 2.51. The molecule has 2 fully saturated rings. The monoisotopic (exact) mass is 488 g/mol. The van der Waals surface area contributed by atoms with Crippen molar-refractivity contribution in [3.8, 4) is 11.5 Å². The molecule has 0 N–H and O–H groups in total. The fourth-order valence-electron chi connectivity index (χ4n) is 5.42. The lowest BCUT2D eigenvalue weighted by atomic mass is 10.0. The van der Waals surface area contributed by atoms with Gasteiger partial charge in [-0.25, -0.2) is 4.98 Å². The van der Waals surface area contributed by atoms with E-state index in [0.717, 1.165) is 55.4 Å². The predicted molar refractivity (Wildman–Crippen MR) is 141 cm³/mol. The molecule has 1 aromatic heterocycles. The van der Waals surface area contributed by atoms with Crippen molar-refractivity contribution >= 4 is 11.6 Å². The zero-order valence-corrected chi connectivity index (χ0v) is 21.3. The molecule has 1 saturated heterocycles. The van der Waals surface area contributed by atoms with Crippen LogP contribution in [0.25, 0.3) is 0 Å². The van der Waals surface area contributed by atoms with Crippen molar-refractivity contribution in [3.63, 3.8) is 0 Å². The first kappa shape index (κ1) is 24.2. The molecule has 7 heteroatoms. The standard InChI is InChI=1S/C29H36N4O3/c1-31-15-14-30-28(31)20-29(34)33-17-16-32(21-24(33)18-22-8-4-3-5-9-22)23-12-13-26(35-2)27(19-23)36-25-10-6-7-11-25/h3-5,8-9,12-15,19,24-25H,6-7,10-11,16-18,20-21H2,1-2H3. The van der Waals surface area contributed by atoms with Crippen LogP contribution in [0.3, 0.4) is 0 Å². The minimum Gasteiger partial charge on any atom is -0.493 e. The second kappa shape index (κ2) is 11.1. The highest BCUT2D eigenvalue weighted by Crippen LogP contribution is 2.36. The lowest BCUT2D eigenvalue weighted by Crippen LogP contribution is -2.56. The zero-order chi connectivity index (χ0) is 24.9. The van der Waals surface area contributed by atoms with E-state index in [0.29, 0.717) is 13.0 Å². The summed E-state index contributed by atoms with van der Waals surface area (Å²) in [5.41, 5.74) is 2.34. The van der Waals surface area contributed by atoms with E-state index in [4.69, 9.17) is 9.47 Å². The van der Waals surface area contributed by atoms with Gasteiger partial charge in [0.05, 0.1) is 25.7 Å². The number of hydrogen-bond donors (Lipinski definition) is 0. The summed E-state index contributed by atoms with van der Waals surface area (Å²) in [6.07, 6.45) is 9.67. The van der Waals surface area contributed by atoms with E-state index in [1.165, 1.54) is 18.4 Å². The van der Waals surface area contributed by atoms with E-state index >= 15 is 0 Å². The number of methoxy groups -OCH3 is 1. The number of ether oxygens (including phenoxy) is 2. The highest BCUT2D eigenvalue weighted by molar-refractivity contribution is 5.79. The maximum absolute atomic E-state index is 13.4. The van der Waals surface area contributed by atoms with Crippen molar-refractivity contribution in [2.75, 3.05) is 31.6 Å². The second-order valence-corrected chi connectivity index (χ2v) is 9.87. The Bertz CT molecular complexity index is 1160. The normalized spacial score (nSPS) is 18.4. The van der Waals surface area contributed by atoms with Crippen molar-refractivity contribution in [2.24, 2.45) is 7.05 Å². The third-order valence-corrected chi connectivity index (χ3v) is 7.46. The van der Waals surface area contributed by atoms with Gasteiger partial charge in [-0.2, -0.15) is 0 Å². The smallest absolute Gasteiger partial charge is 0.230 e. The maximum atomic E-state index is 13.4. The average Bonchev–Trinajstić information content (AvgIpc) is 3.56. The van der Waals surface area contributed by atoms with Crippen LogP contribution < -0.4 is 14.4 Å². The predicted octanol–water partition coefficient (Wildman–Crippen LogP) is 4.25. The first-order valence-electron chi connectivity index (χ1n) is 13.0. The van der Waals surface area contributed by atoms with Crippen molar-refractivity contribution in [2.45, 2.75) is 50.7 Å². The molecule has 2 heterocycles. The highest BCUT2D eigenvalue weighted by Gasteiger charge is 2.32. The van der Waals surface area contributed by atoms with E-state index in [1.54, 1.807) is 13.3 Å². The van der Waals surface area contributed by atoms with Crippen LogP contribution in [0.4, 0.5) is 5.69 Å². The summed E-state index contributed by atoms with van der Waals surface area (Å²) >= 11 is 0. The van der Waals surface area contributed by atoms with Gasteiger partial charge in [-0.3, -0.25) is 4.79 Å². The minimum absolute atomic E-state index is 0.0650. The van der Waals surface area contributed by atoms with Gasteiger partial charge in [0, 0.05) is 50.8 Å². The van der Waals surface area contributed by atoms with E-state index < -0.39 is 0 Å². The molecule has 3 aromatic rings. The van der Waals surface area contributed by atoms with Gasteiger partial charge in [-0.15, -0.1) is 0 Å². The number of imidazole rings is 1. The van der Waals surface area contributed by atoms with Gasteiger partial charge in [0.25, 0.3) is 0 Å². The zero-order valence-electron chi connectivity index (χ0n) is 21.3. The molecule has 1 unspecified atom stereocenters. The third-order valence-electron chi connectivity index (χ3n) is 7.46. The molecule has 1 aliphatic carbocycles. The quantitative estimate of drug-likeness (QED) is 0.474. The summed E-state index contributed by atoms with van der Waals surface area (Å²) < 4.78 is 13.9. The molecule has 1 amide bonds. The van der Waals surface area contributed by atoms with Crippen LogP contribution in [-0.2, 0) is 24.7 Å². The first-order valence-corrected chi connectivity index (χ1v) is 13.0. The molecule has 190 valence electrons. The molecule has 0 bridgehead atoms. The molecule has 2 aliphatic rings. The van der Waals surface area contributed by atoms with Crippen molar-refractivity contribution < 1.29 is 14.3 Å². The molecule has 7 nitrogen and oxygen atoms in total. The Labute approximate surface area is 213 Å². The minimum atomic E-state index is 0.0650. The van der Waals surface area contributed by atoms with E-state index in [-0.39, 0.29) is 18.1 Å². The fourth-order valence-corrected chi connectivity index (χ4v) is 5.42. The Hall–Kier alpha value is -3.48. The number of piperazine rings is 1. The van der Waals surface area contributed by atoms with Crippen LogP contribution in [0.1, 0.15) is 37.1 Å². The van der Waals surface area contributed by atoms with Crippen molar-refractivity contribution in [1.29, 1.82) is 0 Å². The molecular formula is C29H36N4O3. The van der Waals surface area contributed by atoms with E-state index in [9.17, 15) is 4.79 Å². The molecule has 2 aromatic carbocycles. The van der Waals surface area contributed by atoms with Gasteiger partial charge in [0.15, 0.2) is 11.5 Å². The summed E-state index contributed by atoms with van der Waals surface area (Å²) in [4.78, 5) is 22.2. The summed E-state index contributed by atoms with van der Waals surface area (Å²) in [5, 5.41) is 0. The molecule has 36 heavy (non-hydrogen) atoms. The Morgan fingerprint density at radius 3 is 2.58 bits per heavy atom.